The molecule has 2 aromatic rings. The topological polar surface area (TPSA) is 66.5 Å². The Hall–Kier alpha value is -2.18. The maximum atomic E-state index is 13.2. The quantitative estimate of drug-likeness (QED) is 0.697. The van der Waals surface area contributed by atoms with E-state index in [0.29, 0.717) is 24.3 Å². The van der Waals surface area contributed by atoms with Crippen LogP contribution in [-0.2, 0) is 27.7 Å². The molecule has 2 unspecified atom stereocenters. The maximum Gasteiger partial charge on any atom is 0.243 e. The first kappa shape index (κ1) is 23.0. The van der Waals surface area contributed by atoms with Crippen LogP contribution >= 0.6 is 0 Å². The molecule has 0 saturated carbocycles. The summed E-state index contributed by atoms with van der Waals surface area (Å²) in [6, 6.07) is 13.5. The number of piperidine rings is 1. The van der Waals surface area contributed by atoms with E-state index in [4.69, 9.17) is 0 Å². The Morgan fingerprint density at radius 1 is 1.06 bits per heavy atom. The van der Waals surface area contributed by atoms with E-state index in [1.807, 2.05) is 19.1 Å². The lowest BCUT2D eigenvalue weighted by molar-refractivity contribution is -0.126. The molecule has 1 N–H and O–H groups in total. The molecular formula is C26H34N2O3S. The molecule has 2 aliphatic rings. The number of sulfonamides is 1. The Morgan fingerprint density at radius 2 is 1.78 bits per heavy atom. The minimum atomic E-state index is -3.59. The number of nitrogens with one attached hydrogen (secondary N) is 1. The van der Waals surface area contributed by atoms with E-state index in [0.717, 1.165) is 30.4 Å². The number of amides is 1. The summed E-state index contributed by atoms with van der Waals surface area (Å²) in [5, 5.41) is 3.22. The molecule has 2 aromatic carbocycles. The predicted octanol–water partition coefficient (Wildman–Crippen LogP) is 4.54. The van der Waals surface area contributed by atoms with Gasteiger partial charge in [0, 0.05) is 13.1 Å². The third-order valence-electron chi connectivity index (χ3n) is 6.91. The van der Waals surface area contributed by atoms with Crippen LogP contribution in [0.25, 0.3) is 0 Å². The van der Waals surface area contributed by atoms with E-state index >= 15 is 0 Å². The molecule has 1 heterocycles. The van der Waals surface area contributed by atoms with Crippen LogP contribution in [0.15, 0.2) is 47.4 Å². The molecule has 0 aromatic heterocycles. The van der Waals surface area contributed by atoms with E-state index in [1.54, 1.807) is 12.1 Å². The molecule has 172 valence electrons. The van der Waals surface area contributed by atoms with Crippen LogP contribution in [-0.4, -0.2) is 31.7 Å². The minimum Gasteiger partial charge on any atom is -0.349 e. The van der Waals surface area contributed by atoms with E-state index in [2.05, 4.69) is 30.4 Å². The lowest BCUT2D eigenvalue weighted by Gasteiger charge is -2.32. The van der Waals surface area contributed by atoms with Crippen LogP contribution in [0.2, 0.25) is 0 Å². The monoisotopic (exact) mass is 454 g/mol. The molecule has 1 saturated heterocycles. The van der Waals surface area contributed by atoms with Gasteiger partial charge in [-0.05, 0) is 80.7 Å². The number of rotatable bonds is 6. The standard InChI is InChI=1S/C26H34N2O3S/c1-3-25(22-13-12-20-7-4-5-8-21(20)17-22)27-26(29)23-9-6-16-28(18-23)32(30,31)24-14-10-19(2)11-15-24/h10-15,17,23,25H,3-9,16,18H2,1-2H3,(H,27,29). The summed E-state index contributed by atoms with van der Waals surface area (Å²) in [6.07, 6.45) is 6.96. The minimum absolute atomic E-state index is 0.0428. The third kappa shape index (κ3) is 4.91. The molecule has 6 heteroatoms. The Morgan fingerprint density at radius 3 is 2.50 bits per heavy atom. The SMILES string of the molecule is CCC(NC(=O)C1CCCN(S(=O)(=O)c2ccc(C)cc2)C1)c1ccc2c(c1)CCCC2. The molecule has 0 spiro atoms. The van der Waals surface area contributed by atoms with Crippen molar-refractivity contribution in [1.82, 2.24) is 9.62 Å². The second-order valence-corrected chi connectivity index (χ2v) is 11.2. The zero-order chi connectivity index (χ0) is 22.7. The second-order valence-electron chi connectivity index (χ2n) is 9.22. The van der Waals surface area contributed by atoms with Gasteiger partial charge in [-0.25, -0.2) is 8.42 Å². The van der Waals surface area contributed by atoms with Gasteiger partial charge in [0.2, 0.25) is 15.9 Å². The molecule has 0 bridgehead atoms. The number of carbonyl (C=O) groups excluding carboxylic acids is 1. The molecule has 4 rings (SSSR count). The number of aryl methyl sites for hydroxylation is 3. The zero-order valence-corrected chi connectivity index (χ0v) is 20.0. The van der Waals surface area contributed by atoms with Gasteiger partial charge in [-0.15, -0.1) is 0 Å². The number of hydrogen-bond donors (Lipinski definition) is 1. The third-order valence-corrected chi connectivity index (χ3v) is 8.79. The summed E-state index contributed by atoms with van der Waals surface area (Å²) in [4.78, 5) is 13.4. The molecule has 0 radical (unpaired) electrons. The molecular weight excluding hydrogens is 420 g/mol. The highest BCUT2D eigenvalue weighted by Crippen LogP contribution is 2.28. The molecule has 1 fully saturated rings. The molecule has 1 aliphatic heterocycles. The van der Waals surface area contributed by atoms with Crippen molar-refractivity contribution in [3.8, 4) is 0 Å². The van der Waals surface area contributed by atoms with Gasteiger partial charge in [-0.3, -0.25) is 4.79 Å². The van der Waals surface area contributed by atoms with Crippen molar-refractivity contribution in [3.05, 3.63) is 64.7 Å². The number of fused-ring (bicyclic) bond motifs is 1. The van der Waals surface area contributed by atoms with E-state index in [-0.39, 0.29) is 24.4 Å². The first-order valence-electron chi connectivity index (χ1n) is 11.9. The first-order valence-corrected chi connectivity index (χ1v) is 13.3. The van der Waals surface area contributed by atoms with Gasteiger partial charge in [0.05, 0.1) is 16.9 Å². The van der Waals surface area contributed by atoms with Gasteiger partial charge in [0.15, 0.2) is 0 Å². The summed E-state index contributed by atoms with van der Waals surface area (Å²) in [5.41, 5.74) is 5.02. The summed E-state index contributed by atoms with van der Waals surface area (Å²) < 4.78 is 27.7. The maximum absolute atomic E-state index is 13.2. The highest BCUT2D eigenvalue weighted by atomic mass is 32.2. The second kappa shape index (κ2) is 9.75. The normalized spacial score (nSPS) is 20.4. The molecule has 1 amide bonds. The van der Waals surface area contributed by atoms with Crippen LogP contribution in [0.3, 0.4) is 0 Å². The van der Waals surface area contributed by atoms with E-state index in [9.17, 15) is 13.2 Å². The first-order chi connectivity index (χ1) is 15.4. The molecule has 32 heavy (non-hydrogen) atoms. The highest BCUT2D eigenvalue weighted by Gasteiger charge is 2.34. The number of hydrogen-bond acceptors (Lipinski definition) is 3. The van der Waals surface area contributed by atoms with Gasteiger partial charge in [-0.1, -0.05) is 42.8 Å². The Kier molecular flexibility index (Phi) is 7.01. The summed E-state index contributed by atoms with van der Waals surface area (Å²) in [5.74, 6) is -0.367. The Balaban J connectivity index is 1.45. The molecule has 5 nitrogen and oxygen atoms in total. The van der Waals surface area contributed by atoms with E-state index in [1.165, 1.54) is 28.3 Å². The van der Waals surface area contributed by atoms with Gasteiger partial charge >= 0.3 is 0 Å². The smallest absolute Gasteiger partial charge is 0.243 e. The van der Waals surface area contributed by atoms with Crippen molar-refractivity contribution in [2.45, 2.75) is 69.7 Å². The summed E-state index contributed by atoms with van der Waals surface area (Å²) >= 11 is 0. The summed E-state index contributed by atoms with van der Waals surface area (Å²) in [6.45, 7) is 4.72. The zero-order valence-electron chi connectivity index (χ0n) is 19.1. The van der Waals surface area contributed by atoms with Crippen molar-refractivity contribution in [2.75, 3.05) is 13.1 Å². The molecule has 2 atom stereocenters. The van der Waals surface area contributed by atoms with Crippen molar-refractivity contribution < 1.29 is 13.2 Å². The van der Waals surface area contributed by atoms with Gasteiger partial charge in [-0.2, -0.15) is 4.31 Å². The number of benzene rings is 2. The number of carbonyl (C=O) groups is 1. The molecule has 1 aliphatic carbocycles. The van der Waals surface area contributed by atoms with Crippen LogP contribution < -0.4 is 5.32 Å². The van der Waals surface area contributed by atoms with Crippen molar-refractivity contribution in [1.29, 1.82) is 0 Å². The Bertz CT molecular complexity index is 1060. The van der Waals surface area contributed by atoms with Gasteiger partial charge in [0.25, 0.3) is 0 Å². The van der Waals surface area contributed by atoms with Crippen LogP contribution in [0, 0.1) is 12.8 Å². The van der Waals surface area contributed by atoms with Crippen LogP contribution in [0.5, 0.6) is 0 Å². The average Bonchev–Trinajstić information content (AvgIpc) is 2.82. The van der Waals surface area contributed by atoms with Crippen molar-refractivity contribution in [2.24, 2.45) is 5.92 Å². The fourth-order valence-corrected chi connectivity index (χ4v) is 6.44. The lowest BCUT2D eigenvalue weighted by Crippen LogP contribution is -2.46. The van der Waals surface area contributed by atoms with Crippen LogP contribution in [0.4, 0.5) is 0 Å². The van der Waals surface area contributed by atoms with Gasteiger partial charge in [0.1, 0.15) is 0 Å². The largest absolute Gasteiger partial charge is 0.349 e. The van der Waals surface area contributed by atoms with Crippen LogP contribution in [0.1, 0.15) is 67.3 Å². The van der Waals surface area contributed by atoms with Gasteiger partial charge < -0.3 is 5.32 Å². The van der Waals surface area contributed by atoms with Crippen molar-refractivity contribution in [3.63, 3.8) is 0 Å². The number of nitrogens with zero attached hydrogens (tertiary/aromatic N) is 1. The highest BCUT2D eigenvalue weighted by molar-refractivity contribution is 7.89. The summed E-state index contributed by atoms with van der Waals surface area (Å²) in [7, 11) is -3.59. The fourth-order valence-electron chi connectivity index (χ4n) is 4.91. The van der Waals surface area contributed by atoms with Crippen molar-refractivity contribution >= 4 is 15.9 Å². The van der Waals surface area contributed by atoms with E-state index < -0.39 is 10.0 Å². The average molecular weight is 455 g/mol. The Labute approximate surface area is 192 Å². The lowest BCUT2D eigenvalue weighted by atomic mass is 9.88. The fraction of sp³-hybridized carbons (Fsp3) is 0.500. The predicted molar refractivity (Wildman–Crippen MR) is 127 cm³/mol.